The molecule has 0 saturated heterocycles. The zero-order valence-electron chi connectivity index (χ0n) is 21.4. The number of nitrogens with zero attached hydrogens (tertiary/aromatic N) is 3. The Labute approximate surface area is 226 Å². The van der Waals surface area contributed by atoms with Gasteiger partial charge in [0, 0.05) is 36.6 Å². The van der Waals surface area contributed by atoms with Crippen molar-refractivity contribution in [3.05, 3.63) is 96.2 Å². The summed E-state index contributed by atoms with van der Waals surface area (Å²) in [6.07, 6.45) is 5.10. The minimum atomic E-state index is -4.24. The number of pyridine rings is 3. The van der Waals surface area contributed by atoms with Crippen LogP contribution in [0.2, 0.25) is 0 Å². The van der Waals surface area contributed by atoms with Crippen molar-refractivity contribution in [1.82, 2.24) is 19.7 Å². The number of benzene rings is 1. The number of hydrogen-bond donors (Lipinski definition) is 1. The molecule has 0 saturated carbocycles. The van der Waals surface area contributed by atoms with E-state index in [0.717, 1.165) is 5.56 Å². The third-order valence-electron chi connectivity index (χ3n) is 5.35. The van der Waals surface area contributed by atoms with Crippen molar-refractivity contribution in [1.29, 1.82) is 0 Å². The Morgan fingerprint density at radius 3 is 2.59 bits per heavy atom. The molecule has 1 amide bonds. The van der Waals surface area contributed by atoms with E-state index in [1.165, 1.54) is 42.6 Å². The summed E-state index contributed by atoms with van der Waals surface area (Å²) in [5.41, 5.74) is 1.50. The zero-order valence-corrected chi connectivity index (χ0v) is 22.2. The van der Waals surface area contributed by atoms with Crippen LogP contribution in [0, 0.1) is 11.7 Å². The van der Waals surface area contributed by atoms with Crippen LogP contribution in [0.25, 0.3) is 11.3 Å². The summed E-state index contributed by atoms with van der Waals surface area (Å²) in [6, 6.07) is 15.1. The summed E-state index contributed by atoms with van der Waals surface area (Å²) < 4.78 is 53.3. The van der Waals surface area contributed by atoms with Crippen LogP contribution in [-0.4, -0.2) is 42.5 Å². The van der Waals surface area contributed by atoms with Gasteiger partial charge in [0.1, 0.15) is 17.1 Å². The molecule has 0 aliphatic rings. The maximum atomic E-state index is 14.4. The molecule has 0 radical (unpaired) electrons. The fourth-order valence-electron chi connectivity index (χ4n) is 3.49. The largest absolute Gasteiger partial charge is 0.493 e. The van der Waals surface area contributed by atoms with Gasteiger partial charge in [0.2, 0.25) is 5.88 Å². The lowest BCUT2D eigenvalue weighted by atomic mass is 10.1. The zero-order chi connectivity index (χ0) is 27.8. The van der Waals surface area contributed by atoms with Crippen LogP contribution in [0.5, 0.6) is 11.6 Å². The molecule has 3 heterocycles. The highest BCUT2D eigenvalue weighted by atomic mass is 32.2. The maximum Gasteiger partial charge on any atom is 0.281 e. The highest BCUT2D eigenvalue weighted by Crippen LogP contribution is 2.28. The first kappa shape index (κ1) is 27.6. The molecule has 1 N–H and O–H groups in total. The first-order valence-corrected chi connectivity index (χ1v) is 13.6. The summed E-state index contributed by atoms with van der Waals surface area (Å²) in [5, 5.41) is -0.310. The van der Waals surface area contributed by atoms with Gasteiger partial charge in [-0.3, -0.25) is 9.78 Å². The molecule has 202 valence electrons. The maximum absolute atomic E-state index is 14.4. The highest BCUT2D eigenvalue weighted by Gasteiger charge is 2.23. The first-order valence-electron chi connectivity index (χ1n) is 12.2. The number of sulfonamides is 1. The molecule has 1 aromatic carbocycles. The minimum absolute atomic E-state index is 0.112. The van der Waals surface area contributed by atoms with Crippen molar-refractivity contribution < 1.29 is 27.1 Å². The fourth-order valence-corrected chi connectivity index (χ4v) is 4.40. The van der Waals surface area contributed by atoms with E-state index in [-0.39, 0.29) is 29.0 Å². The van der Waals surface area contributed by atoms with Gasteiger partial charge in [-0.2, -0.15) is 8.42 Å². The quantitative estimate of drug-likeness (QED) is 0.291. The number of rotatable bonds is 11. The summed E-state index contributed by atoms with van der Waals surface area (Å²) >= 11 is 0. The molecule has 0 aliphatic carbocycles. The molecule has 0 spiro atoms. The highest BCUT2D eigenvalue weighted by molar-refractivity contribution is 7.90. The molecule has 4 rings (SSSR count). The van der Waals surface area contributed by atoms with Crippen molar-refractivity contribution in [3.63, 3.8) is 0 Å². The lowest BCUT2D eigenvalue weighted by Crippen LogP contribution is -2.31. The van der Waals surface area contributed by atoms with Crippen molar-refractivity contribution in [3.8, 4) is 22.9 Å². The molecule has 3 aromatic heterocycles. The first-order chi connectivity index (χ1) is 18.7. The molecule has 0 atom stereocenters. The van der Waals surface area contributed by atoms with Crippen LogP contribution in [0.4, 0.5) is 4.39 Å². The van der Waals surface area contributed by atoms with Crippen LogP contribution >= 0.6 is 0 Å². The molecular formula is C28H27FN4O5S. The van der Waals surface area contributed by atoms with Crippen LogP contribution in [0.1, 0.15) is 29.8 Å². The van der Waals surface area contributed by atoms with E-state index in [9.17, 15) is 17.6 Å². The average molecular weight is 551 g/mol. The standard InChI is InChI=1S/C28H27FN4O5S/c1-19(2)18-38-23-15-21(14-22(29)16-23)25-9-8-24(27(34)33-39(35,36)26-7-3-4-12-31-26)28(32-25)37-13-10-20-6-5-11-30-17-20/h3-9,11-12,14-17,19H,10,13,18H2,1-2H3,(H,33,34). The van der Waals surface area contributed by atoms with E-state index in [2.05, 4.69) is 15.0 Å². The molecule has 0 aliphatic heterocycles. The van der Waals surface area contributed by atoms with E-state index < -0.39 is 21.7 Å². The van der Waals surface area contributed by atoms with E-state index in [4.69, 9.17) is 9.47 Å². The van der Waals surface area contributed by atoms with E-state index >= 15 is 0 Å². The van der Waals surface area contributed by atoms with Gasteiger partial charge < -0.3 is 9.47 Å². The predicted octanol–water partition coefficient (Wildman–Crippen LogP) is 4.45. The SMILES string of the molecule is CC(C)COc1cc(F)cc(-c2ccc(C(=O)NS(=O)(=O)c3ccccn3)c(OCCc3cccnc3)n2)c1. The second kappa shape index (κ2) is 12.4. The normalized spacial score (nSPS) is 11.3. The fraction of sp³-hybridized carbons (Fsp3) is 0.214. The predicted molar refractivity (Wildman–Crippen MR) is 142 cm³/mol. The number of carbonyl (C=O) groups is 1. The number of carbonyl (C=O) groups excluding carboxylic acids is 1. The second-order valence-corrected chi connectivity index (χ2v) is 10.6. The van der Waals surface area contributed by atoms with Gasteiger partial charge >= 0.3 is 0 Å². The lowest BCUT2D eigenvalue weighted by Gasteiger charge is -2.14. The summed E-state index contributed by atoms with van der Waals surface area (Å²) in [4.78, 5) is 25.4. The second-order valence-electron chi connectivity index (χ2n) is 8.99. The van der Waals surface area contributed by atoms with Gasteiger partial charge in [-0.15, -0.1) is 0 Å². The third-order valence-corrected chi connectivity index (χ3v) is 6.59. The Kier molecular flexibility index (Phi) is 8.82. The minimum Gasteiger partial charge on any atom is -0.493 e. The molecule has 0 fully saturated rings. The van der Waals surface area contributed by atoms with Gasteiger partial charge in [0.25, 0.3) is 15.9 Å². The monoisotopic (exact) mass is 550 g/mol. The summed E-state index contributed by atoms with van der Waals surface area (Å²) in [7, 11) is -4.24. The molecule has 11 heteroatoms. The van der Waals surface area contributed by atoms with Crippen LogP contribution < -0.4 is 14.2 Å². The Morgan fingerprint density at radius 2 is 1.87 bits per heavy atom. The Balaban J connectivity index is 1.64. The number of ether oxygens (including phenoxy) is 2. The molecule has 4 aromatic rings. The number of amides is 1. The number of hydrogen-bond acceptors (Lipinski definition) is 8. The van der Waals surface area contributed by atoms with Crippen LogP contribution in [0.3, 0.4) is 0 Å². The summed E-state index contributed by atoms with van der Waals surface area (Å²) in [6.45, 7) is 4.49. The van der Waals surface area contributed by atoms with Crippen molar-refractivity contribution in [2.75, 3.05) is 13.2 Å². The van der Waals surface area contributed by atoms with Gasteiger partial charge in [-0.05, 0) is 53.9 Å². The smallest absolute Gasteiger partial charge is 0.281 e. The van der Waals surface area contributed by atoms with Crippen LogP contribution in [-0.2, 0) is 16.4 Å². The molecule has 9 nitrogen and oxygen atoms in total. The lowest BCUT2D eigenvalue weighted by molar-refractivity contribution is 0.0976. The molecular weight excluding hydrogens is 523 g/mol. The van der Waals surface area contributed by atoms with E-state index in [1.807, 2.05) is 24.6 Å². The van der Waals surface area contributed by atoms with E-state index in [1.54, 1.807) is 30.6 Å². The topological polar surface area (TPSA) is 120 Å². The van der Waals surface area contributed by atoms with Gasteiger partial charge in [-0.1, -0.05) is 26.0 Å². The summed E-state index contributed by atoms with van der Waals surface area (Å²) in [5.74, 6) is -0.997. The van der Waals surface area contributed by atoms with E-state index in [0.29, 0.717) is 30.0 Å². The van der Waals surface area contributed by atoms with Crippen molar-refractivity contribution >= 4 is 15.9 Å². The Bertz CT molecular complexity index is 1530. The Hall–Kier alpha value is -4.38. The number of nitrogens with one attached hydrogen (secondary N) is 1. The molecule has 39 heavy (non-hydrogen) atoms. The van der Waals surface area contributed by atoms with Crippen molar-refractivity contribution in [2.24, 2.45) is 5.92 Å². The molecule has 0 unspecified atom stereocenters. The third kappa shape index (κ3) is 7.57. The van der Waals surface area contributed by atoms with Crippen molar-refractivity contribution in [2.45, 2.75) is 25.3 Å². The number of halogens is 1. The van der Waals surface area contributed by atoms with Crippen LogP contribution in [0.15, 0.2) is 84.3 Å². The van der Waals surface area contributed by atoms with Gasteiger partial charge in [0.15, 0.2) is 5.03 Å². The Morgan fingerprint density at radius 1 is 1.03 bits per heavy atom. The number of aromatic nitrogens is 3. The van der Waals surface area contributed by atoms with Gasteiger partial charge in [0.05, 0.1) is 18.9 Å². The molecule has 0 bridgehead atoms. The average Bonchev–Trinajstić information content (AvgIpc) is 2.92. The van der Waals surface area contributed by atoms with Gasteiger partial charge in [-0.25, -0.2) is 19.1 Å².